The van der Waals surface area contributed by atoms with E-state index in [1.165, 1.54) is 12.1 Å². The molecule has 0 saturated carbocycles. The second-order valence-electron chi connectivity index (χ2n) is 4.16. The molecule has 1 aliphatic heterocycles. The van der Waals surface area contributed by atoms with E-state index in [0.29, 0.717) is 12.5 Å². The van der Waals surface area contributed by atoms with Crippen LogP contribution in [-0.2, 0) is 19.0 Å². The Labute approximate surface area is 107 Å². The largest absolute Gasteiger partial charge is 0.479 e. The number of rotatable bonds is 4. The van der Waals surface area contributed by atoms with E-state index < -0.39 is 10.1 Å². The molecule has 18 heavy (non-hydrogen) atoms. The monoisotopic (exact) mass is 269 g/mol. The minimum Gasteiger partial charge on any atom is -0.479 e. The summed E-state index contributed by atoms with van der Waals surface area (Å²) in [5.41, 5.74) is 0.998. The Morgan fingerprint density at radius 3 is 2.56 bits per heavy atom. The van der Waals surface area contributed by atoms with Crippen molar-refractivity contribution in [1.82, 2.24) is 0 Å². The molecule has 0 amide bonds. The van der Waals surface area contributed by atoms with E-state index in [2.05, 4.69) is 4.99 Å². The van der Waals surface area contributed by atoms with Gasteiger partial charge in [0.15, 0.2) is 5.90 Å². The van der Waals surface area contributed by atoms with Gasteiger partial charge in [-0.1, -0.05) is 17.7 Å². The van der Waals surface area contributed by atoms with Crippen LogP contribution in [0.15, 0.2) is 34.2 Å². The van der Waals surface area contributed by atoms with Crippen LogP contribution in [0.1, 0.15) is 12.5 Å². The van der Waals surface area contributed by atoms with Crippen molar-refractivity contribution in [2.75, 3.05) is 13.2 Å². The molecule has 1 atom stereocenters. The number of hydrogen-bond donors (Lipinski definition) is 0. The van der Waals surface area contributed by atoms with Gasteiger partial charge in [0.05, 0.1) is 11.5 Å². The number of hydrogen-bond acceptors (Lipinski definition) is 5. The van der Waals surface area contributed by atoms with Crippen molar-refractivity contribution >= 4 is 16.0 Å². The van der Waals surface area contributed by atoms with Gasteiger partial charge < -0.3 is 4.74 Å². The highest BCUT2D eigenvalue weighted by molar-refractivity contribution is 7.86. The fourth-order valence-electron chi connectivity index (χ4n) is 1.57. The third-order valence-electron chi connectivity index (χ3n) is 2.57. The molecular formula is C12H15NO4S. The van der Waals surface area contributed by atoms with Gasteiger partial charge in [0.1, 0.15) is 12.6 Å². The van der Waals surface area contributed by atoms with Crippen molar-refractivity contribution in [3.8, 4) is 0 Å². The van der Waals surface area contributed by atoms with Gasteiger partial charge in [-0.15, -0.1) is 0 Å². The maximum atomic E-state index is 11.9. The summed E-state index contributed by atoms with van der Waals surface area (Å²) in [4.78, 5) is 4.26. The number of nitrogens with zero attached hydrogens (tertiary/aromatic N) is 1. The van der Waals surface area contributed by atoms with Crippen LogP contribution in [0.5, 0.6) is 0 Å². The Hall–Kier alpha value is -1.40. The second-order valence-corrected chi connectivity index (χ2v) is 5.78. The van der Waals surface area contributed by atoms with Gasteiger partial charge in [0.25, 0.3) is 10.1 Å². The minimum atomic E-state index is -3.71. The molecule has 6 heteroatoms. The fourth-order valence-corrected chi connectivity index (χ4v) is 2.52. The zero-order chi connectivity index (χ0) is 13.2. The van der Waals surface area contributed by atoms with Crippen molar-refractivity contribution in [1.29, 1.82) is 0 Å². The molecule has 0 spiro atoms. The summed E-state index contributed by atoms with van der Waals surface area (Å²) < 4.78 is 33.8. The molecule has 0 unspecified atom stereocenters. The van der Waals surface area contributed by atoms with Gasteiger partial charge in [-0.2, -0.15) is 8.42 Å². The summed E-state index contributed by atoms with van der Waals surface area (Å²) in [7, 11) is -3.71. The summed E-state index contributed by atoms with van der Waals surface area (Å²) >= 11 is 0. The van der Waals surface area contributed by atoms with Crippen LogP contribution < -0.4 is 0 Å². The molecular weight excluding hydrogens is 254 g/mol. The molecule has 0 aromatic heterocycles. The first kappa shape index (κ1) is 13.0. The molecule has 0 bridgehead atoms. The number of aryl methyl sites for hydroxylation is 1. The Morgan fingerprint density at radius 2 is 2.00 bits per heavy atom. The summed E-state index contributed by atoms with van der Waals surface area (Å²) in [6, 6.07) is 6.29. The van der Waals surface area contributed by atoms with Crippen molar-refractivity contribution in [3.05, 3.63) is 29.8 Å². The minimum absolute atomic E-state index is 0.00749. The lowest BCUT2D eigenvalue weighted by atomic mass is 10.2. The van der Waals surface area contributed by atoms with Gasteiger partial charge in [-0.05, 0) is 19.1 Å². The van der Waals surface area contributed by atoms with Gasteiger partial charge in [0.2, 0.25) is 0 Å². The zero-order valence-corrected chi connectivity index (χ0v) is 11.1. The second kappa shape index (κ2) is 5.07. The Bertz CT molecular complexity index is 548. The van der Waals surface area contributed by atoms with Crippen LogP contribution in [0.2, 0.25) is 0 Å². The summed E-state index contributed by atoms with van der Waals surface area (Å²) in [6.07, 6.45) is 0. The van der Waals surface area contributed by atoms with Crippen molar-refractivity contribution < 1.29 is 17.3 Å². The summed E-state index contributed by atoms with van der Waals surface area (Å²) in [5.74, 6) is 0.566. The van der Waals surface area contributed by atoms with E-state index in [0.717, 1.165) is 5.56 Å². The number of ether oxygens (including phenoxy) is 1. The first-order valence-electron chi connectivity index (χ1n) is 5.61. The highest BCUT2D eigenvalue weighted by Gasteiger charge is 2.21. The highest BCUT2D eigenvalue weighted by atomic mass is 32.2. The number of aliphatic imine (C=N–C) groups is 1. The first-order valence-corrected chi connectivity index (χ1v) is 7.01. The van der Waals surface area contributed by atoms with Crippen LogP contribution in [0.4, 0.5) is 0 Å². The molecule has 0 radical (unpaired) electrons. The Balaban J connectivity index is 2.01. The van der Waals surface area contributed by atoms with Crippen LogP contribution in [0, 0.1) is 6.92 Å². The molecule has 1 heterocycles. The van der Waals surface area contributed by atoms with E-state index >= 15 is 0 Å². The zero-order valence-electron chi connectivity index (χ0n) is 10.3. The molecule has 0 fully saturated rings. The van der Waals surface area contributed by atoms with Crippen molar-refractivity contribution in [2.24, 2.45) is 4.99 Å². The third kappa shape index (κ3) is 3.08. The van der Waals surface area contributed by atoms with E-state index in [9.17, 15) is 8.42 Å². The molecule has 1 aromatic carbocycles. The van der Waals surface area contributed by atoms with Crippen LogP contribution in [0.3, 0.4) is 0 Å². The van der Waals surface area contributed by atoms with E-state index in [4.69, 9.17) is 8.92 Å². The van der Waals surface area contributed by atoms with Crippen LogP contribution in [0.25, 0.3) is 0 Å². The average Bonchev–Trinajstić information content (AvgIpc) is 2.73. The molecule has 1 aliphatic rings. The van der Waals surface area contributed by atoms with E-state index in [-0.39, 0.29) is 17.5 Å². The maximum Gasteiger partial charge on any atom is 0.297 e. The normalized spacial score (nSPS) is 19.4. The molecule has 2 rings (SSSR count). The summed E-state index contributed by atoms with van der Waals surface area (Å²) in [5, 5.41) is 0. The quantitative estimate of drug-likeness (QED) is 0.777. The third-order valence-corrected chi connectivity index (χ3v) is 3.87. The Morgan fingerprint density at radius 1 is 1.33 bits per heavy atom. The standard InChI is InChI=1S/C12H15NO4S/c1-9-3-5-12(6-4-9)18(14,15)17-8-11-7-16-10(2)13-11/h3-6,11H,7-8H2,1-2H3/t11-/m1/s1. The van der Waals surface area contributed by atoms with Gasteiger partial charge in [-0.3, -0.25) is 4.18 Å². The lowest BCUT2D eigenvalue weighted by Crippen LogP contribution is -2.18. The topological polar surface area (TPSA) is 65.0 Å². The lowest BCUT2D eigenvalue weighted by Gasteiger charge is -2.07. The fraction of sp³-hybridized carbons (Fsp3) is 0.417. The van der Waals surface area contributed by atoms with Gasteiger partial charge in [-0.25, -0.2) is 4.99 Å². The highest BCUT2D eigenvalue weighted by Crippen LogP contribution is 2.15. The molecule has 1 aromatic rings. The Kier molecular flexibility index (Phi) is 3.68. The maximum absolute atomic E-state index is 11.9. The molecule has 0 N–H and O–H groups in total. The summed E-state index contributed by atoms with van der Waals surface area (Å²) in [6.45, 7) is 4.00. The van der Waals surface area contributed by atoms with Crippen LogP contribution in [-0.4, -0.2) is 33.6 Å². The average molecular weight is 269 g/mol. The van der Waals surface area contributed by atoms with Crippen LogP contribution >= 0.6 is 0 Å². The lowest BCUT2D eigenvalue weighted by molar-refractivity contribution is 0.246. The number of benzene rings is 1. The first-order chi connectivity index (χ1) is 8.47. The van der Waals surface area contributed by atoms with Gasteiger partial charge in [0, 0.05) is 6.92 Å². The molecule has 5 nitrogen and oxygen atoms in total. The SMILES string of the molecule is CC1=N[C@@H](COS(=O)(=O)c2ccc(C)cc2)CO1. The molecule has 0 aliphatic carbocycles. The predicted octanol–water partition coefficient (Wildman–Crippen LogP) is 1.52. The van der Waals surface area contributed by atoms with E-state index in [1.54, 1.807) is 19.1 Å². The molecule has 98 valence electrons. The van der Waals surface area contributed by atoms with Gasteiger partial charge >= 0.3 is 0 Å². The van der Waals surface area contributed by atoms with Crippen molar-refractivity contribution in [2.45, 2.75) is 24.8 Å². The van der Waals surface area contributed by atoms with E-state index in [1.807, 2.05) is 6.92 Å². The molecule has 0 saturated heterocycles. The van der Waals surface area contributed by atoms with Crippen molar-refractivity contribution in [3.63, 3.8) is 0 Å². The smallest absolute Gasteiger partial charge is 0.297 e. The predicted molar refractivity (Wildman–Crippen MR) is 67.2 cm³/mol.